The van der Waals surface area contributed by atoms with E-state index in [9.17, 15) is 15.2 Å². The van der Waals surface area contributed by atoms with Crippen molar-refractivity contribution in [2.45, 2.75) is 24.8 Å². The smallest absolute Gasteiger partial charge is 0.269 e. The Morgan fingerprint density at radius 1 is 1.10 bits per heavy atom. The van der Waals surface area contributed by atoms with Crippen molar-refractivity contribution < 1.29 is 10.0 Å². The Kier molecular flexibility index (Phi) is 4.94. The summed E-state index contributed by atoms with van der Waals surface area (Å²) < 4.78 is 0. The maximum Gasteiger partial charge on any atom is 0.269 e. The molecule has 0 spiro atoms. The van der Waals surface area contributed by atoms with Gasteiger partial charge >= 0.3 is 0 Å². The van der Waals surface area contributed by atoms with Gasteiger partial charge in [-0.3, -0.25) is 10.1 Å². The van der Waals surface area contributed by atoms with Gasteiger partial charge in [0.25, 0.3) is 5.69 Å². The fraction of sp³-hybridized carbons (Fsp3) is 0.250. The maximum absolute atomic E-state index is 10.6. The van der Waals surface area contributed by atoms with E-state index in [2.05, 4.69) is 0 Å². The van der Waals surface area contributed by atoms with Crippen LogP contribution in [0.4, 0.5) is 5.69 Å². The zero-order valence-corrected chi connectivity index (χ0v) is 12.3. The molecule has 0 unspecified atom stereocenters. The number of nitro groups is 1. The minimum absolute atomic E-state index is 0.00640. The van der Waals surface area contributed by atoms with E-state index in [0.29, 0.717) is 12.0 Å². The van der Waals surface area contributed by atoms with Gasteiger partial charge in [0.05, 0.1) is 16.4 Å². The predicted octanol–water partition coefficient (Wildman–Crippen LogP) is 4.31. The summed E-state index contributed by atoms with van der Waals surface area (Å²) in [6, 6.07) is 13.7. The second-order valence-corrected chi connectivity index (χ2v) is 5.51. The van der Waals surface area contributed by atoms with Gasteiger partial charge in [0.1, 0.15) is 0 Å². The molecule has 110 valence electrons. The van der Waals surface area contributed by atoms with E-state index in [1.54, 1.807) is 12.1 Å². The second kappa shape index (κ2) is 6.70. The van der Waals surface area contributed by atoms with Crippen molar-refractivity contribution in [1.82, 2.24) is 0 Å². The number of aliphatic hydroxyl groups is 1. The van der Waals surface area contributed by atoms with Gasteiger partial charge in [-0.25, -0.2) is 0 Å². The molecule has 2 rings (SSSR count). The molecule has 0 bridgehead atoms. The van der Waals surface area contributed by atoms with Crippen LogP contribution in [-0.4, -0.2) is 10.0 Å². The topological polar surface area (TPSA) is 63.4 Å². The summed E-state index contributed by atoms with van der Waals surface area (Å²) >= 11 is 6.32. The number of nitrogens with zero attached hydrogens (tertiary/aromatic N) is 1. The molecular formula is C16H16ClNO3. The van der Waals surface area contributed by atoms with Crippen LogP contribution in [0.15, 0.2) is 48.5 Å². The lowest BCUT2D eigenvalue weighted by Crippen LogP contribution is -2.02. The van der Waals surface area contributed by atoms with Crippen molar-refractivity contribution in [3.05, 3.63) is 75.3 Å². The first-order valence-electron chi connectivity index (χ1n) is 6.60. The van der Waals surface area contributed by atoms with Crippen LogP contribution in [0.3, 0.4) is 0 Å². The third-order valence-electron chi connectivity index (χ3n) is 3.36. The van der Waals surface area contributed by atoms with Crippen molar-refractivity contribution in [2.24, 2.45) is 0 Å². The SMILES string of the molecule is Cc1ccc([C@H](Cl)C[C@@H](O)c2ccc([N+](=O)[O-])cc2)cc1. The molecule has 0 saturated heterocycles. The minimum atomic E-state index is -0.755. The molecule has 2 aromatic carbocycles. The number of hydrogen-bond donors (Lipinski definition) is 1. The highest BCUT2D eigenvalue weighted by Gasteiger charge is 2.16. The summed E-state index contributed by atoms with van der Waals surface area (Å²) in [5, 5.41) is 20.5. The highest BCUT2D eigenvalue weighted by molar-refractivity contribution is 6.20. The average Bonchev–Trinajstić information content (AvgIpc) is 2.47. The van der Waals surface area contributed by atoms with E-state index in [1.165, 1.54) is 12.1 Å². The first-order chi connectivity index (χ1) is 9.97. The molecule has 2 atom stereocenters. The first-order valence-corrected chi connectivity index (χ1v) is 7.04. The molecular weight excluding hydrogens is 290 g/mol. The summed E-state index contributed by atoms with van der Waals surface area (Å²) in [6.07, 6.45) is -0.405. The monoisotopic (exact) mass is 305 g/mol. The number of halogens is 1. The quantitative estimate of drug-likeness (QED) is 0.508. The Morgan fingerprint density at radius 2 is 1.62 bits per heavy atom. The van der Waals surface area contributed by atoms with E-state index >= 15 is 0 Å². The van der Waals surface area contributed by atoms with Crippen LogP contribution < -0.4 is 0 Å². The van der Waals surface area contributed by atoms with Crippen molar-refractivity contribution in [1.29, 1.82) is 0 Å². The molecule has 0 aliphatic carbocycles. The fourth-order valence-electron chi connectivity index (χ4n) is 2.06. The van der Waals surface area contributed by atoms with Crippen LogP contribution in [0.25, 0.3) is 0 Å². The third kappa shape index (κ3) is 4.03. The van der Waals surface area contributed by atoms with E-state index in [1.807, 2.05) is 31.2 Å². The van der Waals surface area contributed by atoms with Gasteiger partial charge in [-0.05, 0) is 36.6 Å². The molecule has 1 N–H and O–H groups in total. The molecule has 0 aromatic heterocycles. The van der Waals surface area contributed by atoms with Crippen LogP contribution in [0, 0.1) is 17.0 Å². The van der Waals surface area contributed by atoms with Gasteiger partial charge in [0, 0.05) is 12.1 Å². The number of benzene rings is 2. The number of alkyl halides is 1. The Balaban J connectivity index is 2.04. The molecule has 5 heteroatoms. The number of rotatable bonds is 5. The van der Waals surface area contributed by atoms with Gasteiger partial charge < -0.3 is 5.11 Å². The Hall–Kier alpha value is -1.91. The van der Waals surface area contributed by atoms with E-state index in [-0.39, 0.29) is 11.1 Å². The highest BCUT2D eigenvalue weighted by Crippen LogP contribution is 2.32. The molecule has 0 aliphatic heterocycles. The second-order valence-electron chi connectivity index (χ2n) is 4.98. The highest BCUT2D eigenvalue weighted by atomic mass is 35.5. The third-order valence-corrected chi connectivity index (χ3v) is 3.79. The number of nitro benzene ring substituents is 1. The largest absolute Gasteiger partial charge is 0.388 e. The molecule has 0 aliphatic rings. The summed E-state index contributed by atoms with van der Waals surface area (Å²) in [5.74, 6) is 0. The standard InChI is InChI=1S/C16H16ClNO3/c1-11-2-4-12(5-3-11)15(17)10-16(19)13-6-8-14(9-7-13)18(20)21/h2-9,15-16,19H,10H2,1H3/t15-,16-/m1/s1. The fourth-order valence-corrected chi connectivity index (χ4v) is 2.38. The van der Waals surface area contributed by atoms with Crippen molar-refractivity contribution >= 4 is 17.3 Å². The molecule has 2 aromatic rings. The van der Waals surface area contributed by atoms with Crippen molar-refractivity contribution in [3.8, 4) is 0 Å². The van der Waals surface area contributed by atoms with Crippen molar-refractivity contribution in [2.75, 3.05) is 0 Å². The minimum Gasteiger partial charge on any atom is -0.388 e. The first kappa shape index (κ1) is 15.5. The molecule has 4 nitrogen and oxygen atoms in total. The molecule has 0 saturated carbocycles. The number of hydrogen-bond acceptors (Lipinski definition) is 3. The van der Waals surface area contributed by atoms with Crippen LogP contribution in [0.2, 0.25) is 0 Å². The number of aliphatic hydroxyl groups excluding tert-OH is 1. The molecule has 0 radical (unpaired) electrons. The summed E-state index contributed by atoms with van der Waals surface area (Å²) in [4.78, 5) is 10.1. The number of aryl methyl sites for hydroxylation is 1. The summed E-state index contributed by atoms with van der Waals surface area (Å²) in [7, 11) is 0. The summed E-state index contributed by atoms with van der Waals surface area (Å²) in [5.41, 5.74) is 2.73. The summed E-state index contributed by atoms with van der Waals surface area (Å²) in [6.45, 7) is 2.00. The molecule has 0 fully saturated rings. The lowest BCUT2D eigenvalue weighted by molar-refractivity contribution is -0.384. The van der Waals surface area contributed by atoms with E-state index in [4.69, 9.17) is 11.6 Å². The van der Waals surface area contributed by atoms with Gasteiger partial charge in [0.2, 0.25) is 0 Å². The van der Waals surface area contributed by atoms with Gasteiger partial charge in [-0.1, -0.05) is 29.8 Å². The zero-order chi connectivity index (χ0) is 15.4. The van der Waals surface area contributed by atoms with Crippen molar-refractivity contribution in [3.63, 3.8) is 0 Å². The molecule has 0 amide bonds. The zero-order valence-electron chi connectivity index (χ0n) is 11.6. The maximum atomic E-state index is 10.6. The predicted molar refractivity (Wildman–Crippen MR) is 82.4 cm³/mol. The van der Waals surface area contributed by atoms with Crippen LogP contribution in [0.1, 0.15) is 34.6 Å². The Bertz CT molecular complexity index is 610. The molecule has 21 heavy (non-hydrogen) atoms. The lowest BCUT2D eigenvalue weighted by atomic mass is 10.00. The van der Waals surface area contributed by atoms with Crippen LogP contribution in [-0.2, 0) is 0 Å². The number of non-ortho nitro benzene ring substituents is 1. The van der Waals surface area contributed by atoms with E-state index < -0.39 is 11.0 Å². The Morgan fingerprint density at radius 3 is 2.14 bits per heavy atom. The van der Waals surface area contributed by atoms with E-state index in [0.717, 1.165) is 11.1 Å². The molecule has 0 heterocycles. The Labute approximate surface area is 128 Å². The normalized spacial score (nSPS) is 13.7. The van der Waals surface area contributed by atoms with Crippen LogP contribution in [0.5, 0.6) is 0 Å². The lowest BCUT2D eigenvalue weighted by Gasteiger charge is -2.15. The van der Waals surface area contributed by atoms with Crippen LogP contribution >= 0.6 is 11.6 Å². The van der Waals surface area contributed by atoms with Gasteiger partial charge in [0.15, 0.2) is 0 Å². The van der Waals surface area contributed by atoms with Gasteiger partial charge in [-0.2, -0.15) is 0 Å². The van der Waals surface area contributed by atoms with Gasteiger partial charge in [-0.15, -0.1) is 11.6 Å². The average molecular weight is 306 g/mol.